The van der Waals surface area contributed by atoms with Crippen LogP contribution in [0, 0.1) is 0 Å². The lowest BCUT2D eigenvalue weighted by atomic mass is 10.1. The van der Waals surface area contributed by atoms with Crippen molar-refractivity contribution in [3.05, 3.63) is 95.0 Å². The van der Waals surface area contributed by atoms with E-state index in [0.29, 0.717) is 10.6 Å². The number of hydrogen-bond acceptors (Lipinski definition) is 3. The molecule has 0 heterocycles. The first-order chi connectivity index (χ1) is 12.9. The second kappa shape index (κ2) is 7.82. The number of carboxylic acids is 1. The van der Waals surface area contributed by atoms with E-state index in [1.54, 1.807) is 54.6 Å². The van der Waals surface area contributed by atoms with E-state index in [0.717, 1.165) is 4.31 Å². The van der Waals surface area contributed by atoms with Crippen molar-refractivity contribution < 1.29 is 18.3 Å². The SMILES string of the molecule is O=C(O)c1ccccc1N(Cc1cccc(Cl)c1)S(=O)(=O)c1ccccc1. The molecule has 138 valence electrons. The molecule has 0 aromatic heterocycles. The summed E-state index contributed by atoms with van der Waals surface area (Å²) in [6, 6.07) is 20.7. The number of nitrogens with zero attached hydrogens (tertiary/aromatic N) is 1. The minimum Gasteiger partial charge on any atom is -0.478 e. The molecule has 0 atom stereocenters. The van der Waals surface area contributed by atoms with E-state index in [4.69, 9.17) is 11.6 Å². The summed E-state index contributed by atoms with van der Waals surface area (Å²) < 4.78 is 27.7. The van der Waals surface area contributed by atoms with Gasteiger partial charge in [0.05, 0.1) is 22.7 Å². The van der Waals surface area contributed by atoms with Crippen molar-refractivity contribution in [2.75, 3.05) is 4.31 Å². The highest BCUT2D eigenvalue weighted by Crippen LogP contribution is 2.29. The first kappa shape index (κ1) is 18.9. The van der Waals surface area contributed by atoms with Crippen molar-refractivity contribution >= 4 is 33.3 Å². The summed E-state index contributed by atoms with van der Waals surface area (Å²) in [5.41, 5.74) is 0.634. The summed E-state index contributed by atoms with van der Waals surface area (Å²) in [5.74, 6) is -1.20. The van der Waals surface area contributed by atoms with Gasteiger partial charge in [0.1, 0.15) is 0 Å². The largest absolute Gasteiger partial charge is 0.478 e. The zero-order chi connectivity index (χ0) is 19.4. The van der Waals surface area contributed by atoms with E-state index in [9.17, 15) is 18.3 Å². The van der Waals surface area contributed by atoms with E-state index in [1.165, 1.54) is 24.3 Å². The molecular weight excluding hydrogens is 386 g/mol. The lowest BCUT2D eigenvalue weighted by Crippen LogP contribution is -2.32. The van der Waals surface area contributed by atoms with Gasteiger partial charge in [-0.05, 0) is 42.0 Å². The van der Waals surface area contributed by atoms with Gasteiger partial charge in [0.25, 0.3) is 10.0 Å². The number of sulfonamides is 1. The minimum atomic E-state index is -3.99. The van der Waals surface area contributed by atoms with Crippen LogP contribution >= 0.6 is 11.6 Å². The van der Waals surface area contributed by atoms with Gasteiger partial charge in [-0.2, -0.15) is 0 Å². The fraction of sp³-hybridized carbons (Fsp3) is 0.0500. The lowest BCUT2D eigenvalue weighted by Gasteiger charge is -2.26. The molecule has 5 nitrogen and oxygen atoms in total. The van der Waals surface area contributed by atoms with Crippen LogP contribution in [0.25, 0.3) is 0 Å². The molecule has 1 N–H and O–H groups in total. The van der Waals surface area contributed by atoms with Crippen molar-refractivity contribution in [1.29, 1.82) is 0 Å². The molecule has 3 aromatic rings. The van der Waals surface area contributed by atoms with E-state index >= 15 is 0 Å². The molecule has 0 aliphatic carbocycles. The molecule has 0 spiro atoms. The number of carbonyl (C=O) groups is 1. The Morgan fingerprint density at radius 3 is 2.26 bits per heavy atom. The van der Waals surface area contributed by atoms with Crippen LogP contribution in [0.4, 0.5) is 5.69 Å². The van der Waals surface area contributed by atoms with Gasteiger partial charge in [-0.15, -0.1) is 0 Å². The Hall–Kier alpha value is -2.83. The van der Waals surface area contributed by atoms with E-state index < -0.39 is 16.0 Å². The molecule has 0 fully saturated rings. The number of hydrogen-bond donors (Lipinski definition) is 1. The van der Waals surface area contributed by atoms with Gasteiger partial charge in [-0.3, -0.25) is 4.31 Å². The third-order valence-corrected chi connectivity index (χ3v) is 5.96. The molecule has 0 saturated carbocycles. The highest BCUT2D eigenvalue weighted by Gasteiger charge is 2.28. The monoisotopic (exact) mass is 401 g/mol. The smallest absolute Gasteiger partial charge is 0.337 e. The van der Waals surface area contributed by atoms with Crippen molar-refractivity contribution in [2.45, 2.75) is 11.4 Å². The van der Waals surface area contributed by atoms with Gasteiger partial charge >= 0.3 is 5.97 Å². The van der Waals surface area contributed by atoms with E-state index in [1.807, 2.05) is 0 Å². The summed E-state index contributed by atoms with van der Waals surface area (Å²) in [4.78, 5) is 11.7. The van der Waals surface area contributed by atoms with Gasteiger partial charge < -0.3 is 5.11 Å². The van der Waals surface area contributed by atoms with Crippen molar-refractivity contribution in [1.82, 2.24) is 0 Å². The Morgan fingerprint density at radius 2 is 1.59 bits per heavy atom. The second-order valence-corrected chi connectivity index (χ2v) is 8.08. The molecule has 3 aromatic carbocycles. The molecule has 3 rings (SSSR count). The Labute approximate surface area is 162 Å². The molecule has 0 unspecified atom stereocenters. The topological polar surface area (TPSA) is 74.7 Å². The van der Waals surface area contributed by atoms with Crippen LogP contribution in [0.5, 0.6) is 0 Å². The fourth-order valence-electron chi connectivity index (χ4n) is 2.69. The maximum atomic E-state index is 13.3. The average molecular weight is 402 g/mol. The van der Waals surface area contributed by atoms with Crippen molar-refractivity contribution in [3.63, 3.8) is 0 Å². The van der Waals surface area contributed by atoms with Crippen molar-refractivity contribution in [2.24, 2.45) is 0 Å². The predicted molar refractivity (Wildman–Crippen MR) is 105 cm³/mol. The number of benzene rings is 3. The summed E-state index contributed by atoms with van der Waals surface area (Å²) in [7, 11) is -3.99. The van der Waals surface area contributed by atoms with E-state index in [-0.39, 0.29) is 22.7 Å². The number of aromatic carboxylic acids is 1. The van der Waals surface area contributed by atoms with Crippen LogP contribution < -0.4 is 4.31 Å². The van der Waals surface area contributed by atoms with Gasteiger partial charge in [-0.1, -0.05) is 54.1 Å². The molecule has 0 saturated heterocycles. The maximum Gasteiger partial charge on any atom is 0.337 e. The standard InChI is InChI=1S/C20H16ClNO4S/c21-16-8-6-7-15(13-16)14-22(19-12-5-4-11-18(19)20(23)24)27(25,26)17-9-2-1-3-10-17/h1-13H,14H2,(H,23,24). The van der Waals surface area contributed by atoms with E-state index in [2.05, 4.69) is 0 Å². The predicted octanol–water partition coefficient (Wildman–Crippen LogP) is 4.43. The molecule has 27 heavy (non-hydrogen) atoms. The number of carboxylic acid groups (broad SMARTS) is 1. The van der Waals surface area contributed by atoms with Gasteiger partial charge in [0.2, 0.25) is 0 Å². The Morgan fingerprint density at radius 1 is 0.926 bits per heavy atom. The van der Waals surface area contributed by atoms with Crippen LogP contribution in [0.3, 0.4) is 0 Å². The van der Waals surface area contributed by atoms with Crippen LogP contribution in [-0.4, -0.2) is 19.5 Å². The van der Waals surface area contributed by atoms with Crippen LogP contribution in [0.2, 0.25) is 5.02 Å². The summed E-state index contributed by atoms with van der Waals surface area (Å²) >= 11 is 6.03. The maximum absolute atomic E-state index is 13.3. The zero-order valence-corrected chi connectivity index (χ0v) is 15.7. The summed E-state index contributed by atoms with van der Waals surface area (Å²) in [6.45, 7) is -0.0535. The number of para-hydroxylation sites is 1. The molecular formula is C20H16ClNO4S. The molecule has 0 aliphatic heterocycles. The molecule has 0 radical (unpaired) electrons. The third kappa shape index (κ3) is 4.13. The van der Waals surface area contributed by atoms with Crippen LogP contribution in [0.1, 0.15) is 15.9 Å². The Bertz CT molecular complexity index is 1070. The Balaban J connectivity index is 2.17. The van der Waals surface area contributed by atoms with Crippen LogP contribution in [0.15, 0.2) is 83.8 Å². The first-order valence-corrected chi connectivity index (χ1v) is 9.86. The summed E-state index contributed by atoms with van der Waals surface area (Å²) in [6.07, 6.45) is 0. The summed E-state index contributed by atoms with van der Waals surface area (Å²) in [5, 5.41) is 9.99. The Kier molecular flexibility index (Phi) is 5.48. The highest BCUT2D eigenvalue weighted by molar-refractivity contribution is 7.92. The first-order valence-electron chi connectivity index (χ1n) is 8.04. The van der Waals surface area contributed by atoms with Crippen molar-refractivity contribution in [3.8, 4) is 0 Å². The number of halogens is 1. The highest BCUT2D eigenvalue weighted by atomic mass is 35.5. The zero-order valence-electron chi connectivity index (χ0n) is 14.1. The second-order valence-electron chi connectivity index (χ2n) is 5.78. The normalized spacial score (nSPS) is 11.1. The van der Waals surface area contributed by atoms with Crippen LogP contribution in [-0.2, 0) is 16.6 Å². The molecule has 0 amide bonds. The fourth-order valence-corrected chi connectivity index (χ4v) is 4.40. The average Bonchev–Trinajstić information content (AvgIpc) is 2.67. The third-order valence-electron chi connectivity index (χ3n) is 3.95. The molecule has 0 bridgehead atoms. The van der Waals surface area contributed by atoms with Gasteiger partial charge in [0, 0.05) is 5.02 Å². The number of anilines is 1. The van der Waals surface area contributed by atoms with Gasteiger partial charge in [0.15, 0.2) is 0 Å². The molecule has 7 heteroatoms. The van der Waals surface area contributed by atoms with Gasteiger partial charge in [-0.25, -0.2) is 13.2 Å². The minimum absolute atomic E-state index is 0.0535. The molecule has 0 aliphatic rings. The lowest BCUT2D eigenvalue weighted by molar-refractivity contribution is 0.0697. The number of rotatable bonds is 6. The quantitative estimate of drug-likeness (QED) is 0.662.